The Balaban J connectivity index is 1.86. The first kappa shape index (κ1) is 20.8. The zero-order chi connectivity index (χ0) is 22.8. The number of benzene rings is 4. The molecule has 33 heavy (non-hydrogen) atoms. The molecule has 4 aromatic carbocycles. The fraction of sp³-hybridized carbons (Fsp3) is 0. The van der Waals surface area contributed by atoms with Gasteiger partial charge in [-0.15, -0.1) is 0 Å². The maximum atomic E-state index is 11.2. The van der Waals surface area contributed by atoms with Gasteiger partial charge in [0.1, 0.15) is 5.82 Å². The number of imidazole rings is 1. The Hall–Kier alpha value is -4.03. The monoisotopic (exact) mass is 495 g/mol. The first-order valence-electron chi connectivity index (χ1n) is 10.4. The van der Waals surface area contributed by atoms with Gasteiger partial charge in [0.15, 0.2) is 0 Å². The van der Waals surface area contributed by atoms with E-state index in [-0.39, 0.29) is 10.6 Å². The van der Waals surface area contributed by atoms with E-state index in [0.29, 0.717) is 0 Å². The normalized spacial score (nSPS) is 10.8. The summed E-state index contributed by atoms with van der Waals surface area (Å²) in [7, 11) is 0. The lowest BCUT2D eigenvalue weighted by atomic mass is 10.0. The van der Waals surface area contributed by atoms with Crippen molar-refractivity contribution in [3.8, 4) is 39.6 Å². The Bertz CT molecular complexity index is 1430. The van der Waals surface area contributed by atoms with Crippen LogP contribution >= 0.6 is 15.9 Å². The molecule has 1 aromatic heterocycles. The Labute approximate surface area is 199 Å². The van der Waals surface area contributed by atoms with Crippen molar-refractivity contribution >= 4 is 21.6 Å². The maximum absolute atomic E-state index is 11.2. The van der Waals surface area contributed by atoms with Gasteiger partial charge < -0.3 is 0 Å². The lowest BCUT2D eigenvalue weighted by molar-refractivity contribution is -0.384. The van der Waals surface area contributed by atoms with E-state index < -0.39 is 0 Å². The highest BCUT2D eigenvalue weighted by Gasteiger charge is 2.22. The molecule has 1 heterocycles. The number of hydrogen-bond donors (Lipinski definition) is 0. The van der Waals surface area contributed by atoms with E-state index in [1.807, 2.05) is 72.8 Å². The van der Waals surface area contributed by atoms with Crippen LogP contribution in [0.25, 0.3) is 39.6 Å². The van der Waals surface area contributed by atoms with Crippen LogP contribution in [0, 0.1) is 10.1 Å². The van der Waals surface area contributed by atoms with Crippen molar-refractivity contribution in [1.82, 2.24) is 9.55 Å². The quantitative estimate of drug-likeness (QED) is 0.187. The zero-order valence-corrected chi connectivity index (χ0v) is 19.0. The molecule has 0 fully saturated rings. The molecule has 0 radical (unpaired) electrons. The molecule has 0 aliphatic rings. The van der Waals surface area contributed by atoms with Gasteiger partial charge in [0.05, 0.1) is 16.3 Å². The molecule has 0 atom stereocenters. The fourth-order valence-corrected chi connectivity index (χ4v) is 4.28. The van der Waals surface area contributed by atoms with E-state index >= 15 is 0 Å². The average molecular weight is 496 g/mol. The van der Waals surface area contributed by atoms with Crippen LogP contribution in [-0.4, -0.2) is 14.5 Å². The summed E-state index contributed by atoms with van der Waals surface area (Å²) in [4.78, 5) is 16.0. The van der Waals surface area contributed by atoms with Gasteiger partial charge >= 0.3 is 0 Å². The lowest BCUT2D eigenvalue weighted by Gasteiger charge is -2.14. The van der Waals surface area contributed by atoms with Gasteiger partial charge in [-0.05, 0) is 24.3 Å². The molecule has 0 aliphatic carbocycles. The molecular formula is C27H18BrN3O2. The van der Waals surface area contributed by atoms with E-state index in [4.69, 9.17) is 4.98 Å². The minimum Gasteiger partial charge on any atom is -0.292 e. The number of nitro groups is 1. The number of rotatable bonds is 5. The molecule has 0 spiro atoms. The number of nitrogens with zero attached hydrogens (tertiary/aromatic N) is 3. The van der Waals surface area contributed by atoms with Crippen molar-refractivity contribution in [2.24, 2.45) is 0 Å². The minimum absolute atomic E-state index is 0.0485. The van der Waals surface area contributed by atoms with Crippen molar-refractivity contribution in [2.75, 3.05) is 0 Å². The maximum Gasteiger partial charge on any atom is 0.269 e. The third-order valence-corrected chi connectivity index (χ3v) is 5.87. The van der Waals surface area contributed by atoms with Crippen LogP contribution in [0.2, 0.25) is 0 Å². The topological polar surface area (TPSA) is 61.0 Å². The van der Waals surface area contributed by atoms with Crippen LogP contribution in [0.5, 0.6) is 0 Å². The first-order chi connectivity index (χ1) is 16.1. The highest BCUT2D eigenvalue weighted by molar-refractivity contribution is 9.10. The standard InChI is InChI=1S/C27H18BrN3O2/c28-22-13-7-12-21(18-22)27-29-25(19-8-3-1-4-9-19)26(20-10-5-2-6-11-20)30(27)23-14-16-24(17-15-23)31(32)33/h1-18H. The molecule has 0 aliphatic heterocycles. The molecule has 0 saturated carbocycles. The van der Waals surface area contributed by atoms with Crippen molar-refractivity contribution in [2.45, 2.75) is 0 Å². The van der Waals surface area contributed by atoms with Crippen LogP contribution < -0.4 is 0 Å². The van der Waals surface area contributed by atoms with Gasteiger partial charge in [0.25, 0.3) is 5.69 Å². The smallest absolute Gasteiger partial charge is 0.269 e. The van der Waals surface area contributed by atoms with E-state index in [9.17, 15) is 10.1 Å². The fourth-order valence-electron chi connectivity index (χ4n) is 3.88. The Morgan fingerprint density at radius 3 is 1.94 bits per heavy atom. The molecule has 5 nitrogen and oxygen atoms in total. The van der Waals surface area contributed by atoms with Gasteiger partial charge in [0, 0.05) is 39.0 Å². The van der Waals surface area contributed by atoms with Gasteiger partial charge in [0.2, 0.25) is 0 Å². The van der Waals surface area contributed by atoms with Gasteiger partial charge in [-0.25, -0.2) is 4.98 Å². The predicted molar refractivity (Wildman–Crippen MR) is 134 cm³/mol. The molecule has 5 aromatic rings. The summed E-state index contributed by atoms with van der Waals surface area (Å²) in [5.41, 5.74) is 5.54. The average Bonchev–Trinajstić information content (AvgIpc) is 3.26. The van der Waals surface area contributed by atoms with Crippen molar-refractivity contribution in [1.29, 1.82) is 0 Å². The number of non-ortho nitro benzene ring substituents is 1. The third-order valence-electron chi connectivity index (χ3n) is 5.37. The van der Waals surface area contributed by atoms with Crippen LogP contribution in [0.1, 0.15) is 0 Å². The van der Waals surface area contributed by atoms with E-state index in [0.717, 1.165) is 44.1 Å². The van der Waals surface area contributed by atoms with Crippen molar-refractivity contribution < 1.29 is 4.92 Å². The van der Waals surface area contributed by atoms with E-state index in [1.54, 1.807) is 12.1 Å². The number of hydrogen-bond acceptors (Lipinski definition) is 3. The van der Waals surface area contributed by atoms with Crippen molar-refractivity contribution in [3.63, 3.8) is 0 Å². The molecule has 0 unspecified atom stereocenters. The van der Waals surface area contributed by atoms with E-state index in [1.165, 1.54) is 12.1 Å². The SMILES string of the molecule is O=[N+]([O-])c1ccc(-n2c(-c3cccc(Br)c3)nc(-c3ccccc3)c2-c2ccccc2)cc1. The summed E-state index contributed by atoms with van der Waals surface area (Å²) in [6.45, 7) is 0. The summed E-state index contributed by atoms with van der Waals surface area (Å²) in [5, 5.41) is 11.2. The molecule has 0 N–H and O–H groups in total. The zero-order valence-electron chi connectivity index (χ0n) is 17.4. The van der Waals surface area contributed by atoms with Crippen LogP contribution in [-0.2, 0) is 0 Å². The number of halogens is 1. The van der Waals surface area contributed by atoms with Gasteiger partial charge in [-0.3, -0.25) is 14.7 Å². The molecule has 0 bridgehead atoms. The van der Waals surface area contributed by atoms with Gasteiger partial charge in [-0.1, -0.05) is 88.7 Å². The lowest BCUT2D eigenvalue weighted by Crippen LogP contribution is -2.01. The second-order valence-corrected chi connectivity index (χ2v) is 8.40. The summed E-state index contributed by atoms with van der Waals surface area (Å²) >= 11 is 3.57. The highest BCUT2D eigenvalue weighted by atomic mass is 79.9. The highest BCUT2D eigenvalue weighted by Crippen LogP contribution is 2.39. The predicted octanol–water partition coefficient (Wildman–Crippen LogP) is 7.54. The summed E-state index contributed by atoms with van der Waals surface area (Å²) in [6.07, 6.45) is 0. The summed E-state index contributed by atoms with van der Waals surface area (Å²) in [6, 6.07) is 34.7. The molecule has 6 heteroatoms. The Kier molecular flexibility index (Phi) is 5.59. The minimum atomic E-state index is -0.388. The second-order valence-electron chi connectivity index (χ2n) is 7.48. The molecular weight excluding hydrogens is 478 g/mol. The van der Waals surface area contributed by atoms with Crippen LogP contribution in [0.4, 0.5) is 5.69 Å². The van der Waals surface area contributed by atoms with Crippen LogP contribution in [0.15, 0.2) is 114 Å². The van der Waals surface area contributed by atoms with Crippen molar-refractivity contribution in [3.05, 3.63) is 124 Å². The third kappa shape index (κ3) is 4.08. The number of nitro benzene ring substituents is 1. The summed E-state index contributed by atoms with van der Waals surface area (Å²) < 4.78 is 3.02. The molecule has 0 saturated heterocycles. The van der Waals surface area contributed by atoms with E-state index in [2.05, 4.69) is 32.6 Å². The van der Waals surface area contributed by atoms with Crippen LogP contribution in [0.3, 0.4) is 0 Å². The Morgan fingerprint density at radius 2 is 1.33 bits per heavy atom. The summed E-state index contributed by atoms with van der Waals surface area (Å²) in [5.74, 6) is 0.753. The second kappa shape index (κ2) is 8.84. The van der Waals surface area contributed by atoms with Gasteiger partial charge in [-0.2, -0.15) is 0 Å². The molecule has 160 valence electrons. The first-order valence-corrected chi connectivity index (χ1v) is 11.2. The molecule has 5 rings (SSSR count). The Morgan fingerprint density at radius 1 is 0.727 bits per heavy atom. The largest absolute Gasteiger partial charge is 0.292 e. The molecule has 0 amide bonds. The number of aromatic nitrogens is 2.